The molecule has 0 amide bonds. The van der Waals surface area contributed by atoms with E-state index in [9.17, 15) is 9.90 Å². The Morgan fingerprint density at radius 2 is 1.95 bits per heavy atom. The third-order valence-corrected chi connectivity index (χ3v) is 3.53. The molecule has 0 radical (unpaired) electrons. The molecule has 1 aromatic carbocycles. The highest BCUT2D eigenvalue weighted by molar-refractivity contribution is 5.94. The molecule has 0 spiro atoms. The first-order valence-corrected chi connectivity index (χ1v) is 6.95. The summed E-state index contributed by atoms with van der Waals surface area (Å²) in [5.41, 5.74) is 2.69. The van der Waals surface area contributed by atoms with Crippen LogP contribution in [0.1, 0.15) is 27.4 Å². The number of hydrogen-bond acceptors (Lipinski definition) is 3. The van der Waals surface area contributed by atoms with E-state index >= 15 is 0 Å². The molecular formula is C17H16N2O3. The lowest BCUT2D eigenvalue weighted by Crippen LogP contribution is -2.01. The molecule has 5 heteroatoms. The second kappa shape index (κ2) is 5.52. The fourth-order valence-electron chi connectivity index (χ4n) is 2.40. The van der Waals surface area contributed by atoms with E-state index in [4.69, 9.17) is 4.74 Å². The van der Waals surface area contributed by atoms with E-state index in [2.05, 4.69) is 4.98 Å². The standard InChI is InChI=1S/C17H16N2O3/c1-11-5-7-13(8-6-11)22-10-14-18-15(17(20)21)16-12(2)4-3-9-19(14)16/h3-9H,10H2,1-2H3,(H,20,21). The molecule has 1 N–H and O–H groups in total. The Labute approximate surface area is 127 Å². The molecule has 0 bridgehead atoms. The molecule has 2 aromatic heterocycles. The number of carboxylic acid groups (broad SMARTS) is 1. The number of ether oxygens (including phenoxy) is 1. The van der Waals surface area contributed by atoms with Crippen LogP contribution < -0.4 is 4.74 Å². The average Bonchev–Trinajstić information content (AvgIpc) is 2.87. The van der Waals surface area contributed by atoms with Crippen LogP contribution >= 0.6 is 0 Å². The van der Waals surface area contributed by atoms with E-state index < -0.39 is 5.97 Å². The van der Waals surface area contributed by atoms with Gasteiger partial charge in [-0.05, 0) is 37.6 Å². The van der Waals surface area contributed by atoms with Gasteiger partial charge in [0.1, 0.15) is 12.4 Å². The van der Waals surface area contributed by atoms with Crippen LogP contribution in [-0.4, -0.2) is 20.5 Å². The normalized spacial score (nSPS) is 10.8. The van der Waals surface area contributed by atoms with Crippen LogP contribution in [0, 0.1) is 13.8 Å². The summed E-state index contributed by atoms with van der Waals surface area (Å²) in [4.78, 5) is 15.6. The van der Waals surface area contributed by atoms with E-state index in [0.29, 0.717) is 11.3 Å². The molecule has 3 aromatic rings. The zero-order chi connectivity index (χ0) is 15.7. The van der Waals surface area contributed by atoms with E-state index in [0.717, 1.165) is 16.9 Å². The van der Waals surface area contributed by atoms with Gasteiger partial charge in [0, 0.05) is 6.20 Å². The molecular weight excluding hydrogens is 280 g/mol. The number of hydrogen-bond donors (Lipinski definition) is 1. The summed E-state index contributed by atoms with van der Waals surface area (Å²) in [5, 5.41) is 9.32. The maximum Gasteiger partial charge on any atom is 0.356 e. The quantitative estimate of drug-likeness (QED) is 0.803. The smallest absolute Gasteiger partial charge is 0.356 e. The maximum atomic E-state index is 11.4. The zero-order valence-corrected chi connectivity index (χ0v) is 12.4. The highest BCUT2D eigenvalue weighted by Crippen LogP contribution is 2.19. The first kappa shape index (κ1) is 14.1. The molecule has 0 atom stereocenters. The minimum Gasteiger partial charge on any atom is -0.486 e. The lowest BCUT2D eigenvalue weighted by Gasteiger charge is -2.06. The maximum absolute atomic E-state index is 11.4. The molecule has 2 heterocycles. The number of aromatic nitrogens is 2. The SMILES string of the molecule is Cc1ccc(OCc2nc(C(=O)O)c3c(C)cccn23)cc1. The van der Waals surface area contributed by atoms with Crippen LogP contribution in [0.15, 0.2) is 42.6 Å². The molecule has 0 unspecified atom stereocenters. The van der Waals surface area contributed by atoms with Gasteiger partial charge in [-0.25, -0.2) is 9.78 Å². The second-order valence-corrected chi connectivity index (χ2v) is 5.19. The Kier molecular flexibility index (Phi) is 3.55. The lowest BCUT2D eigenvalue weighted by atomic mass is 10.2. The van der Waals surface area contributed by atoms with Gasteiger partial charge in [-0.1, -0.05) is 23.8 Å². The van der Waals surface area contributed by atoms with Crippen molar-refractivity contribution in [1.29, 1.82) is 0 Å². The number of carbonyl (C=O) groups is 1. The molecule has 3 rings (SSSR count). The van der Waals surface area contributed by atoms with Crippen LogP contribution in [0.25, 0.3) is 5.52 Å². The lowest BCUT2D eigenvalue weighted by molar-refractivity contribution is 0.0693. The van der Waals surface area contributed by atoms with Gasteiger partial charge in [0.15, 0.2) is 11.5 Å². The second-order valence-electron chi connectivity index (χ2n) is 5.19. The number of rotatable bonds is 4. The van der Waals surface area contributed by atoms with Gasteiger partial charge in [-0.2, -0.15) is 0 Å². The average molecular weight is 296 g/mol. The fraction of sp³-hybridized carbons (Fsp3) is 0.176. The summed E-state index contributed by atoms with van der Waals surface area (Å²) in [6.45, 7) is 4.09. The van der Waals surface area contributed by atoms with Crippen molar-refractivity contribution in [1.82, 2.24) is 9.38 Å². The molecule has 0 aliphatic rings. The number of fused-ring (bicyclic) bond motifs is 1. The molecule has 5 nitrogen and oxygen atoms in total. The Morgan fingerprint density at radius 3 is 2.64 bits per heavy atom. The third-order valence-electron chi connectivity index (χ3n) is 3.53. The molecule has 0 fully saturated rings. The molecule has 0 aliphatic heterocycles. The van der Waals surface area contributed by atoms with E-state index in [-0.39, 0.29) is 12.3 Å². The Bertz CT molecular complexity index is 835. The summed E-state index contributed by atoms with van der Waals surface area (Å²) in [6, 6.07) is 11.4. The first-order chi connectivity index (χ1) is 10.6. The summed E-state index contributed by atoms with van der Waals surface area (Å²) >= 11 is 0. The van der Waals surface area contributed by atoms with Crippen molar-refractivity contribution in [3.8, 4) is 5.75 Å². The predicted molar refractivity (Wildman–Crippen MR) is 82.4 cm³/mol. The number of imidazole rings is 1. The minimum atomic E-state index is -1.03. The summed E-state index contributed by atoms with van der Waals surface area (Å²) < 4.78 is 7.48. The number of carboxylic acids is 1. The Hall–Kier alpha value is -2.82. The molecule has 0 saturated carbocycles. The number of aromatic carboxylic acids is 1. The number of benzene rings is 1. The van der Waals surface area contributed by atoms with Gasteiger partial charge in [0.25, 0.3) is 0 Å². The number of aryl methyl sites for hydroxylation is 2. The molecule has 22 heavy (non-hydrogen) atoms. The fourth-order valence-corrected chi connectivity index (χ4v) is 2.40. The highest BCUT2D eigenvalue weighted by Gasteiger charge is 2.18. The number of nitrogens with zero attached hydrogens (tertiary/aromatic N) is 2. The zero-order valence-electron chi connectivity index (χ0n) is 12.4. The van der Waals surface area contributed by atoms with Crippen molar-refractivity contribution in [2.24, 2.45) is 0 Å². The Balaban J connectivity index is 1.95. The van der Waals surface area contributed by atoms with Crippen molar-refractivity contribution in [2.75, 3.05) is 0 Å². The van der Waals surface area contributed by atoms with Crippen LogP contribution in [-0.2, 0) is 6.61 Å². The summed E-state index contributed by atoms with van der Waals surface area (Å²) in [6.07, 6.45) is 1.80. The van der Waals surface area contributed by atoms with Gasteiger partial charge < -0.3 is 9.84 Å². The third kappa shape index (κ3) is 2.53. The number of pyridine rings is 1. The van der Waals surface area contributed by atoms with Crippen LogP contribution in [0.2, 0.25) is 0 Å². The first-order valence-electron chi connectivity index (χ1n) is 6.95. The van der Waals surface area contributed by atoms with E-state index in [1.807, 2.05) is 50.2 Å². The molecule has 0 aliphatic carbocycles. The van der Waals surface area contributed by atoms with Crippen LogP contribution in [0.5, 0.6) is 5.75 Å². The molecule has 112 valence electrons. The summed E-state index contributed by atoms with van der Waals surface area (Å²) in [5.74, 6) is 0.261. The van der Waals surface area contributed by atoms with Gasteiger partial charge in [-0.3, -0.25) is 4.40 Å². The Morgan fingerprint density at radius 1 is 1.23 bits per heavy atom. The predicted octanol–water partition coefficient (Wildman–Crippen LogP) is 3.23. The van der Waals surface area contributed by atoms with Gasteiger partial charge >= 0.3 is 5.97 Å². The van der Waals surface area contributed by atoms with Crippen molar-refractivity contribution in [3.05, 3.63) is 65.2 Å². The molecule has 0 saturated heterocycles. The minimum absolute atomic E-state index is 0.0561. The monoisotopic (exact) mass is 296 g/mol. The van der Waals surface area contributed by atoms with Crippen molar-refractivity contribution in [2.45, 2.75) is 20.5 Å². The van der Waals surface area contributed by atoms with E-state index in [1.54, 1.807) is 10.6 Å². The van der Waals surface area contributed by atoms with Crippen LogP contribution in [0.4, 0.5) is 0 Å². The summed E-state index contributed by atoms with van der Waals surface area (Å²) in [7, 11) is 0. The highest BCUT2D eigenvalue weighted by atomic mass is 16.5. The van der Waals surface area contributed by atoms with Gasteiger partial charge in [-0.15, -0.1) is 0 Å². The van der Waals surface area contributed by atoms with Crippen LogP contribution in [0.3, 0.4) is 0 Å². The van der Waals surface area contributed by atoms with Crippen molar-refractivity contribution in [3.63, 3.8) is 0 Å². The van der Waals surface area contributed by atoms with Gasteiger partial charge in [0.2, 0.25) is 0 Å². The van der Waals surface area contributed by atoms with Gasteiger partial charge in [0.05, 0.1) is 5.52 Å². The van der Waals surface area contributed by atoms with Crippen molar-refractivity contribution < 1.29 is 14.6 Å². The van der Waals surface area contributed by atoms with Crippen molar-refractivity contribution >= 4 is 11.5 Å². The van der Waals surface area contributed by atoms with E-state index in [1.165, 1.54) is 0 Å². The largest absolute Gasteiger partial charge is 0.486 e. The topological polar surface area (TPSA) is 63.8 Å².